The number of likely N-dealkylation sites (tertiary alicyclic amines) is 1. The van der Waals surface area contributed by atoms with E-state index in [2.05, 4.69) is 9.64 Å². The molecule has 11 heteroatoms. The van der Waals surface area contributed by atoms with Crippen molar-refractivity contribution in [3.63, 3.8) is 0 Å². The molecule has 2 aliphatic rings. The molecule has 0 unspecified atom stereocenters. The van der Waals surface area contributed by atoms with Gasteiger partial charge in [0.2, 0.25) is 5.91 Å². The Labute approximate surface area is 225 Å². The molecule has 0 aliphatic carbocycles. The van der Waals surface area contributed by atoms with Gasteiger partial charge < -0.3 is 24.2 Å². The molecule has 206 valence electrons. The molecule has 7 nitrogen and oxygen atoms in total. The molecule has 38 heavy (non-hydrogen) atoms. The first-order valence-corrected chi connectivity index (χ1v) is 12.9. The Morgan fingerprint density at radius 1 is 0.921 bits per heavy atom. The first-order valence-electron chi connectivity index (χ1n) is 12.5. The zero-order valence-electron chi connectivity index (χ0n) is 21.2. The topological polar surface area (TPSA) is 62.3 Å². The Morgan fingerprint density at radius 2 is 1.55 bits per heavy atom. The first kappa shape index (κ1) is 28.0. The van der Waals surface area contributed by atoms with E-state index in [1.807, 2.05) is 11.9 Å². The summed E-state index contributed by atoms with van der Waals surface area (Å²) in [5.41, 5.74) is -0.368. The van der Waals surface area contributed by atoms with Gasteiger partial charge in [-0.2, -0.15) is 0 Å². The minimum Gasteiger partial charge on any atom is -0.493 e. The average molecular weight is 554 g/mol. The van der Waals surface area contributed by atoms with Crippen LogP contribution in [0.25, 0.3) is 0 Å². The van der Waals surface area contributed by atoms with Gasteiger partial charge in [-0.3, -0.25) is 9.59 Å². The molecule has 2 aliphatic heterocycles. The van der Waals surface area contributed by atoms with E-state index in [1.54, 1.807) is 29.2 Å². The molecule has 1 atom stereocenters. The number of hydrogen-bond donors (Lipinski definition) is 0. The van der Waals surface area contributed by atoms with E-state index >= 15 is 0 Å². The maximum atomic E-state index is 13.4. The van der Waals surface area contributed by atoms with E-state index in [9.17, 15) is 22.8 Å². The highest BCUT2D eigenvalue weighted by Crippen LogP contribution is 2.36. The van der Waals surface area contributed by atoms with Crippen molar-refractivity contribution < 1.29 is 32.2 Å². The minimum atomic E-state index is -4.81. The Bertz CT molecular complexity index is 1110. The molecule has 0 saturated carbocycles. The fourth-order valence-electron chi connectivity index (χ4n) is 4.93. The third-order valence-corrected chi connectivity index (χ3v) is 7.28. The summed E-state index contributed by atoms with van der Waals surface area (Å²) in [6.45, 7) is 3.91. The van der Waals surface area contributed by atoms with Crippen molar-refractivity contribution in [2.24, 2.45) is 5.41 Å². The van der Waals surface area contributed by atoms with E-state index in [4.69, 9.17) is 16.3 Å². The summed E-state index contributed by atoms with van der Waals surface area (Å²) in [6.07, 6.45) is -3.21. The van der Waals surface area contributed by atoms with Gasteiger partial charge in [-0.15, -0.1) is 13.2 Å². The fraction of sp³-hybridized carbons (Fsp3) is 0.481. The van der Waals surface area contributed by atoms with Crippen molar-refractivity contribution in [2.75, 3.05) is 52.9 Å². The molecule has 0 aromatic heterocycles. The van der Waals surface area contributed by atoms with Gasteiger partial charge in [-0.25, -0.2) is 0 Å². The Kier molecular flexibility index (Phi) is 8.72. The largest absolute Gasteiger partial charge is 0.573 e. The predicted octanol–water partition coefficient (Wildman–Crippen LogP) is 4.70. The van der Waals surface area contributed by atoms with Gasteiger partial charge in [0.1, 0.15) is 11.5 Å². The summed E-state index contributed by atoms with van der Waals surface area (Å²) in [4.78, 5) is 32.4. The maximum absolute atomic E-state index is 13.4. The van der Waals surface area contributed by atoms with Gasteiger partial charge in [0, 0.05) is 61.7 Å². The van der Waals surface area contributed by atoms with Crippen LogP contribution in [0, 0.1) is 5.41 Å². The van der Waals surface area contributed by atoms with Gasteiger partial charge in [-0.05, 0) is 68.4 Å². The summed E-state index contributed by atoms with van der Waals surface area (Å²) in [6, 6.07) is 11.8. The molecular formula is C27H31ClF3N3O4. The number of ether oxygens (including phenoxy) is 2. The SMILES string of the molecule is CN1CCN(C(=O)C[C@@]2(COc3ccc(Cl)cc3)CCCN(C(=O)c3ccc(OC(F)(F)F)cc3)C2)CC1. The van der Waals surface area contributed by atoms with Crippen molar-refractivity contribution >= 4 is 23.4 Å². The number of piperazine rings is 1. The quantitative estimate of drug-likeness (QED) is 0.497. The van der Waals surface area contributed by atoms with Crippen LogP contribution in [-0.4, -0.2) is 85.8 Å². The van der Waals surface area contributed by atoms with Gasteiger partial charge in [0.05, 0.1) is 6.61 Å². The van der Waals surface area contributed by atoms with Crippen LogP contribution in [0.3, 0.4) is 0 Å². The van der Waals surface area contributed by atoms with Crippen LogP contribution in [0.15, 0.2) is 48.5 Å². The summed E-state index contributed by atoms with van der Waals surface area (Å²) >= 11 is 5.99. The first-order chi connectivity index (χ1) is 18.0. The Balaban J connectivity index is 1.50. The monoisotopic (exact) mass is 553 g/mol. The van der Waals surface area contributed by atoms with E-state index in [1.165, 1.54) is 12.1 Å². The van der Waals surface area contributed by atoms with Crippen molar-refractivity contribution in [3.05, 3.63) is 59.1 Å². The lowest BCUT2D eigenvalue weighted by Crippen LogP contribution is -2.53. The molecule has 2 aromatic carbocycles. The van der Waals surface area contributed by atoms with Crippen LogP contribution in [-0.2, 0) is 4.79 Å². The highest BCUT2D eigenvalue weighted by molar-refractivity contribution is 6.30. The van der Waals surface area contributed by atoms with Crippen molar-refractivity contribution in [2.45, 2.75) is 25.6 Å². The second-order valence-electron chi connectivity index (χ2n) is 10.0. The number of nitrogens with zero attached hydrogens (tertiary/aromatic N) is 3. The number of rotatable bonds is 7. The number of halogens is 4. The Hall–Kier alpha value is -2.98. The number of carbonyl (C=O) groups is 2. The summed E-state index contributed by atoms with van der Waals surface area (Å²) in [5, 5.41) is 0.582. The number of amides is 2. The molecular weight excluding hydrogens is 523 g/mol. The molecule has 2 amide bonds. The summed E-state index contributed by atoms with van der Waals surface area (Å²) in [5.74, 6) is -0.0624. The van der Waals surface area contributed by atoms with E-state index in [-0.39, 0.29) is 30.4 Å². The number of alkyl halides is 3. The van der Waals surface area contributed by atoms with Gasteiger partial charge >= 0.3 is 6.36 Å². The highest BCUT2D eigenvalue weighted by atomic mass is 35.5. The van der Waals surface area contributed by atoms with Crippen LogP contribution in [0.1, 0.15) is 29.6 Å². The average Bonchev–Trinajstić information content (AvgIpc) is 2.88. The number of likely N-dealkylation sites (N-methyl/N-ethyl adjacent to an activating group) is 1. The lowest BCUT2D eigenvalue weighted by Gasteiger charge is -2.43. The molecule has 2 heterocycles. The zero-order valence-corrected chi connectivity index (χ0v) is 21.9. The van der Waals surface area contributed by atoms with Crippen LogP contribution in [0.5, 0.6) is 11.5 Å². The Morgan fingerprint density at radius 3 is 2.18 bits per heavy atom. The van der Waals surface area contributed by atoms with Crippen molar-refractivity contribution in [1.82, 2.24) is 14.7 Å². The molecule has 4 rings (SSSR count). The predicted molar refractivity (Wildman–Crippen MR) is 136 cm³/mol. The molecule has 0 radical (unpaired) electrons. The second kappa shape index (κ2) is 11.8. The van der Waals surface area contributed by atoms with Gasteiger partial charge in [0.25, 0.3) is 5.91 Å². The summed E-state index contributed by atoms with van der Waals surface area (Å²) in [7, 11) is 2.02. The van der Waals surface area contributed by atoms with E-state index in [0.29, 0.717) is 49.8 Å². The van der Waals surface area contributed by atoms with Crippen molar-refractivity contribution in [1.29, 1.82) is 0 Å². The van der Waals surface area contributed by atoms with E-state index in [0.717, 1.165) is 25.2 Å². The molecule has 0 N–H and O–H groups in total. The second-order valence-corrected chi connectivity index (χ2v) is 10.4. The molecule has 0 bridgehead atoms. The molecule has 2 saturated heterocycles. The smallest absolute Gasteiger partial charge is 0.493 e. The van der Waals surface area contributed by atoms with Crippen LogP contribution >= 0.6 is 11.6 Å². The van der Waals surface area contributed by atoms with Crippen molar-refractivity contribution in [3.8, 4) is 11.5 Å². The molecule has 0 spiro atoms. The standard InChI is InChI=1S/C27H31ClF3N3O4/c1-32-13-15-33(16-14-32)24(35)17-26(19-37-22-9-5-21(28)6-10-22)11-2-12-34(18-26)25(36)20-3-7-23(8-4-20)38-27(29,30)31/h3-10H,2,11-19H2,1H3/t26-/m0/s1. The number of hydrogen-bond acceptors (Lipinski definition) is 5. The molecule has 2 aromatic rings. The number of carbonyl (C=O) groups excluding carboxylic acids is 2. The van der Waals surface area contributed by atoms with Crippen LogP contribution < -0.4 is 9.47 Å². The lowest BCUT2D eigenvalue weighted by atomic mass is 9.77. The number of piperidine rings is 1. The third kappa shape index (κ3) is 7.54. The van der Waals surface area contributed by atoms with E-state index < -0.39 is 17.5 Å². The van der Waals surface area contributed by atoms with Gasteiger partial charge in [-0.1, -0.05) is 11.6 Å². The van der Waals surface area contributed by atoms with Crippen LogP contribution in [0.2, 0.25) is 5.02 Å². The molecule has 2 fully saturated rings. The fourth-order valence-corrected chi connectivity index (χ4v) is 5.06. The van der Waals surface area contributed by atoms with Crippen LogP contribution in [0.4, 0.5) is 13.2 Å². The minimum absolute atomic E-state index is 0.0285. The zero-order chi connectivity index (χ0) is 27.3. The highest BCUT2D eigenvalue weighted by Gasteiger charge is 2.41. The van der Waals surface area contributed by atoms with Gasteiger partial charge in [0.15, 0.2) is 0 Å². The number of benzene rings is 2. The normalized spacial score (nSPS) is 20.8. The lowest BCUT2D eigenvalue weighted by molar-refractivity contribution is -0.274. The maximum Gasteiger partial charge on any atom is 0.573 e. The third-order valence-electron chi connectivity index (χ3n) is 7.02. The summed E-state index contributed by atoms with van der Waals surface area (Å²) < 4.78 is 47.5.